The zero-order valence-electron chi connectivity index (χ0n) is 11.1. The summed E-state index contributed by atoms with van der Waals surface area (Å²) >= 11 is 1.29. The maximum Gasteiger partial charge on any atom is 0.243 e. The Morgan fingerprint density at radius 2 is 2.35 bits per heavy atom. The number of hydrogen-bond donors (Lipinski definition) is 2. The monoisotopic (exact) mass is 293 g/mol. The molecule has 0 aliphatic heterocycles. The highest BCUT2D eigenvalue weighted by atomic mass is 32.1. The van der Waals surface area contributed by atoms with Crippen LogP contribution in [-0.2, 0) is 4.79 Å². The molecule has 1 unspecified atom stereocenters. The van der Waals surface area contributed by atoms with Gasteiger partial charge in [0.25, 0.3) is 0 Å². The lowest BCUT2D eigenvalue weighted by Gasteiger charge is -2.08. The molecule has 6 heteroatoms. The van der Waals surface area contributed by atoms with E-state index in [0.29, 0.717) is 22.8 Å². The number of carbonyl (C=O) groups excluding carboxylic acids is 1. The summed E-state index contributed by atoms with van der Waals surface area (Å²) in [7, 11) is 0. The van der Waals surface area contributed by atoms with Gasteiger partial charge in [-0.3, -0.25) is 4.79 Å². The number of aromatic nitrogens is 1. The Morgan fingerprint density at radius 3 is 3.05 bits per heavy atom. The quantitative estimate of drug-likeness (QED) is 0.890. The molecule has 1 amide bonds. The van der Waals surface area contributed by atoms with Crippen LogP contribution in [0.5, 0.6) is 0 Å². The van der Waals surface area contributed by atoms with E-state index >= 15 is 0 Å². The maximum absolute atomic E-state index is 13.1. The van der Waals surface area contributed by atoms with Crippen LogP contribution in [0, 0.1) is 5.82 Å². The molecule has 106 valence electrons. The second-order valence-electron chi connectivity index (χ2n) is 4.43. The first-order valence-corrected chi connectivity index (χ1v) is 7.26. The number of anilines is 1. The summed E-state index contributed by atoms with van der Waals surface area (Å²) in [5.74, 6) is -0.557. The minimum absolute atomic E-state index is 0.244. The second kappa shape index (κ2) is 6.58. The summed E-state index contributed by atoms with van der Waals surface area (Å²) in [5.41, 5.74) is 7.04. The van der Waals surface area contributed by atoms with Gasteiger partial charge in [0, 0.05) is 10.9 Å². The molecule has 1 atom stereocenters. The Balaban J connectivity index is 2.08. The Hall–Kier alpha value is -1.79. The lowest BCUT2D eigenvalue weighted by molar-refractivity contribution is -0.117. The van der Waals surface area contributed by atoms with E-state index in [9.17, 15) is 9.18 Å². The fourth-order valence-corrected chi connectivity index (χ4v) is 2.47. The number of carbonyl (C=O) groups is 1. The number of benzene rings is 1. The highest BCUT2D eigenvalue weighted by Gasteiger charge is 2.14. The van der Waals surface area contributed by atoms with E-state index in [-0.39, 0.29) is 11.7 Å². The van der Waals surface area contributed by atoms with E-state index in [0.717, 1.165) is 6.42 Å². The second-order valence-corrected chi connectivity index (χ2v) is 5.29. The van der Waals surface area contributed by atoms with Crippen LogP contribution in [-0.4, -0.2) is 16.9 Å². The molecule has 0 saturated heterocycles. The molecule has 2 rings (SSSR count). The van der Waals surface area contributed by atoms with Crippen LogP contribution in [0.25, 0.3) is 11.3 Å². The molecule has 1 aromatic heterocycles. The summed E-state index contributed by atoms with van der Waals surface area (Å²) in [5, 5.41) is 4.93. The lowest BCUT2D eigenvalue weighted by Crippen LogP contribution is -2.35. The zero-order valence-corrected chi connectivity index (χ0v) is 11.9. The van der Waals surface area contributed by atoms with Crippen molar-refractivity contribution in [3.63, 3.8) is 0 Å². The van der Waals surface area contributed by atoms with E-state index in [1.165, 1.54) is 23.5 Å². The van der Waals surface area contributed by atoms with Gasteiger partial charge in [0.05, 0.1) is 11.7 Å². The van der Waals surface area contributed by atoms with E-state index < -0.39 is 6.04 Å². The van der Waals surface area contributed by atoms with Crippen molar-refractivity contribution >= 4 is 22.4 Å². The molecule has 1 aromatic carbocycles. The van der Waals surface area contributed by atoms with Crippen molar-refractivity contribution in [2.24, 2.45) is 5.73 Å². The number of halogens is 1. The first kappa shape index (κ1) is 14.6. The zero-order chi connectivity index (χ0) is 14.5. The van der Waals surface area contributed by atoms with Gasteiger partial charge in [0.15, 0.2) is 5.13 Å². The molecule has 4 nitrogen and oxygen atoms in total. The average Bonchev–Trinajstić information content (AvgIpc) is 2.87. The van der Waals surface area contributed by atoms with E-state index in [2.05, 4.69) is 10.3 Å². The summed E-state index contributed by atoms with van der Waals surface area (Å²) < 4.78 is 13.1. The SMILES string of the molecule is CCCC(N)C(=O)Nc1nc(-c2cccc(F)c2)cs1. The van der Waals surface area contributed by atoms with Crippen molar-refractivity contribution in [3.05, 3.63) is 35.5 Å². The molecule has 3 N–H and O–H groups in total. The minimum Gasteiger partial charge on any atom is -0.320 e. The van der Waals surface area contributed by atoms with Crippen molar-refractivity contribution in [2.45, 2.75) is 25.8 Å². The molecule has 20 heavy (non-hydrogen) atoms. The summed E-state index contributed by atoms with van der Waals surface area (Å²) in [4.78, 5) is 16.0. The summed E-state index contributed by atoms with van der Waals surface area (Å²) in [6.07, 6.45) is 1.48. The molecular weight excluding hydrogens is 277 g/mol. The van der Waals surface area contributed by atoms with Crippen LogP contribution >= 0.6 is 11.3 Å². The molecule has 0 aliphatic rings. The molecule has 2 aromatic rings. The molecule has 0 radical (unpaired) electrons. The van der Waals surface area contributed by atoms with Crippen LogP contribution in [0.1, 0.15) is 19.8 Å². The highest BCUT2D eigenvalue weighted by Crippen LogP contribution is 2.25. The third kappa shape index (κ3) is 3.61. The maximum atomic E-state index is 13.1. The van der Waals surface area contributed by atoms with Crippen molar-refractivity contribution in [3.8, 4) is 11.3 Å². The topological polar surface area (TPSA) is 68.0 Å². The fourth-order valence-electron chi connectivity index (χ4n) is 1.75. The van der Waals surface area contributed by atoms with E-state index in [1.807, 2.05) is 6.92 Å². The van der Waals surface area contributed by atoms with Crippen LogP contribution < -0.4 is 11.1 Å². The van der Waals surface area contributed by atoms with Gasteiger partial charge in [0.1, 0.15) is 5.82 Å². The van der Waals surface area contributed by atoms with Gasteiger partial charge in [-0.05, 0) is 18.6 Å². The van der Waals surface area contributed by atoms with Crippen LogP contribution in [0.2, 0.25) is 0 Å². The Labute approximate surface area is 120 Å². The number of hydrogen-bond acceptors (Lipinski definition) is 4. The largest absolute Gasteiger partial charge is 0.320 e. The normalized spacial score (nSPS) is 12.2. The lowest BCUT2D eigenvalue weighted by atomic mass is 10.2. The third-order valence-electron chi connectivity index (χ3n) is 2.79. The van der Waals surface area contributed by atoms with Gasteiger partial charge in [-0.1, -0.05) is 25.5 Å². The van der Waals surface area contributed by atoms with Gasteiger partial charge in [-0.2, -0.15) is 0 Å². The Kier molecular flexibility index (Phi) is 4.81. The van der Waals surface area contributed by atoms with Gasteiger partial charge in [-0.25, -0.2) is 9.37 Å². The van der Waals surface area contributed by atoms with Gasteiger partial charge < -0.3 is 11.1 Å². The fraction of sp³-hybridized carbons (Fsp3) is 0.286. The molecule has 1 heterocycles. The van der Waals surface area contributed by atoms with Crippen molar-refractivity contribution in [1.82, 2.24) is 4.98 Å². The molecule has 0 bridgehead atoms. The van der Waals surface area contributed by atoms with Crippen molar-refractivity contribution in [2.75, 3.05) is 5.32 Å². The standard InChI is InChI=1S/C14H16FN3OS/c1-2-4-11(16)13(19)18-14-17-12(8-20-14)9-5-3-6-10(15)7-9/h3,5-8,11H,2,4,16H2,1H3,(H,17,18,19). The van der Waals surface area contributed by atoms with Crippen molar-refractivity contribution < 1.29 is 9.18 Å². The molecule has 0 aliphatic carbocycles. The van der Waals surface area contributed by atoms with Crippen LogP contribution in [0.15, 0.2) is 29.6 Å². The summed E-state index contributed by atoms with van der Waals surface area (Å²) in [6.45, 7) is 1.97. The number of thiazole rings is 1. The first-order chi connectivity index (χ1) is 9.60. The van der Waals surface area contributed by atoms with Crippen LogP contribution in [0.3, 0.4) is 0 Å². The van der Waals surface area contributed by atoms with Crippen LogP contribution in [0.4, 0.5) is 9.52 Å². The first-order valence-electron chi connectivity index (χ1n) is 6.38. The number of amides is 1. The predicted octanol–water partition coefficient (Wildman–Crippen LogP) is 3.02. The van der Waals surface area contributed by atoms with E-state index in [4.69, 9.17) is 5.73 Å². The summed E-state index contributed by atoms with van der Waals surface area (Å²) in [6, 6.07) is 5.65. The number of rotatable bonds is 5. The average molecular weight is 293 g/mol. The van der Waals surface area contributed by atoms with Crippen molar-refractivity contribution in [1.29, 1.82) is 0 Å². The van der Waals surface area contributed by atoms with E-state index in [1.54, 1.807) is 17.5 Å². The smallest absolute Gasteiger partial charge is 0.243 e. The molecular formula is C14H16FN3OS. The predicted molar refractivity (Wildman–Crippen MR) is 79.0 cm³/mol. The highest BCUT2D eigenvalue weighted by molar-refractivity contribution is 7.14. The molecule has 0 fully saturated rings. The number of nitrogens with two attached hydrogens (primary N) is 1. The van der Waals surface area contributed by atoms with Gasteiger partial charge >= 0.3 is 0 Å². The molecule has 0 saturated carbocycles. The minimum atomic E-state index is -0.526. The van der Waals surface area contributed by atoms with Gasteiger partial charge in [0.2, 0.25) is 5.91 Å². The number of nitrogens with one attached hydrogen (secondary N) is 1. The third-order valence-corrected chi connectivity index (χ3v) is 3.55. The molecule has 0 spiro atoms. The number of nitrogens with zero attached hydrogens (tertiary/aromatic N) is 1. The Bertz CT molecular complexity index is 600. The van der Waals surface area contributed by atoms with Gasteiger partial charge in [-0.15, -0.1) is 11.3 Å². The Morgan fingerprint density at radius 1 is 1.55 bits per heavy atom.